The predicted molar refractivity (Wildman–Crippen MR) is 65.1 cm³/mol. The van der Waals surface area contributed by atoms with Crippen LogP contribution in [0.1, 0.15) is 5.01 Å². The molecule has 2 aliphatic heterocycles. The molecule has 0 aromatic carbocycles. The van der Waals surface area contributed by atoms with Gasteiger partial charge in [0.05, 0.1) is 0 Å². The van der Waals surface area contributed by atoms with Crippen molar-refractivity contribution in [3.05, 3.63) is 5.01 Å². The van der Waals surface area contributed by atoms with Crippen LogP contribution in [-0.2, 0) is 0 Å². The highest BCUT2D eigenvalue weighted by atomic mass is 32.1. The van der Waals surface area contributed by atoms with E-state index in [0.29, 0.717) is 0 Å². The van der Waals surface area contributed by atoms with Crippen molar-refractivity contribution in [2.24, 2.45) is 0 Å². The van der Waals surface area contributed by atoms with Gasteiger partial charge in [-0.2, -0.15) is 0 Å². The van der Waals surface area contributed by atoms with Crippen molar-refractivity contribution >= 4 is 16.5 Å². The Kier molecular flexibility index (Phi) is 2.79. The quantitative estimate of drug-likeness (QED) is 0.783. The van der Waals surface area contributed by atoms with Crippen LogP contribution in [0.5, 0.6) is 0 Å². The first-order valence-corrected chi connectivity index (χ1v) is 6.64. The lowest BCUT2D eigenvalue weighted by Crippen LogP contribution is -2.62. The van der Waals surface area contributed by atoms with Crippen molar-refractivity contribution in [2.45, 2.75) is 13.0 Å². The number of rotatable bonds is 2. The fourth-order valence-electron chi connectivity index (χ4n) is 2.30. The van der Waals surface area contributed by atoms with E-state index in [9.17, 15) is 0 Å². The molecule has 0 radical (unpaired) electrons. The molecule has 1 N–H and O–H groups in total. The predicted octanol–water partition coefficient (Wildman–Crippen LogP) is -0.0597. The smallest absolute Gasteiger partial charge is 0.208 e. The summed E-state index contributed by atoms with van der Waals surface area (Å²) in [6, 6.07) is 0.728. The monoisotopic (exact) mass is 239 g/mol. The number of nitrogens with one attached hydrogen (secondary N) is 1. The average Bonchev–Trinajstić information content (AvgIpc) is 2.64. The molecule has 2 fully saturated rings. The van der Waals surface area contributed by atoms with Crippen LogP contribution in [0.2, 0.25) is 0 Å². The van der Waals surface area contributed by atoms with Gasteiger partial charge in [-0.25, -0.2) is 0 Å². The molecular formula is C10H17N5S. The zero-order valence-electron chi connectivity index (χ0n) is 9.52. The average molecular weight is 239 g/mol. The molecule has 1 aromatic rings. The number of piperazine rings is 1. The maximum atomic E-state index is 4.18. The first-order valence-electron chi connectivity index (χ1n) is 5.83. The summed E-state index contributed by atoms with van der Waals surface area (Å²) in [5, 5.41) is 13.8. The molecule has 3 heterocycles. The standard InChI is InChI=1S/C10H17N5S/c1-8-12-13-10(16-8)15-6-9(7-15)14-4-2-11-3-5-14/h9,11H,2-7H2,1H3. The van der Waals surface area contributed by atoms with Crippen LogP contribution in [0.15, 0.2) is 0 Å². The van der Waals surface area contributed by atoms with Gasteiger partial charge in [0.15, 0.2) is 0 Å². The molecule has 0 saturated carbocycles. The molecule has 0 aliphatic carbocycles. The Bertz CT molecular complexity index is 354. The number of aromatic nitrogens is 2. The van der Waals surface area contributed by atoms with E-state index in [1.54, 1.807) is 11.3 Å². The highest BCUT2D eigenvalue weighted by Gasteiger charge is 2.33. The fourth-order valence-corrected chi connectivity index (χ4v) is 3.01. The molecule has 1 aromatic heterocycles. The number of anilines is 1. The summed E-state index contributed by atoms with van der Waals surface area (Å²) in [5.74, 6) is 0. The van der Waals surface area contributed by atoms with E-state index < -0.39 is 0 Å². The summed E-state index contributed by atoms with van der Waals surface area (Å²) in [7, 11) is 0. The van der Waals surface area contributed by atoms with E-state index in [1.807, 2.05) is 6.92 Å². The number of aryl methyl sites for hydroxylation is 1. The number of nitrogens with zero attached hydrogens (tertiary/aromatic N) is 4. The van der Waals surface area contributed by atoms with E-state index in [4.69, 9.17) is 0 Å². The lowest BCUT2D eigenvalue weighted by molar-refractivity contribution is 0.147. The van der Waals surface area contributed by atoms with Crippen LogP contribution in [0.4, 0.5) is 5.13 Å². The van der Waals surface area contributed by atoms with Gasteiger partial charge < -0.3 is 10.2 Å². The molecule has 0 bridgehead atoms. The second-order valence-corrected chi connectivity index (χ2v) is 5.61. The molecule has 6 heteroatoms. The van der Waals surface area contributed by atoms with Gasteiger partial charge in [0.2, 0.25) is 5.13 Å². The third-order valence-electron chi connectivity index (χ3n) is 3.32. The number of hydrogen-bond acceptors (Lipinski definition) is 6. The number of hydrogen-bond donors (Lipinski definition) is 1. The van der Waals surface area contributed by atoms with Gasteiger partial charge in [-0.1, -0.05) is 11.3 Å². The molecular weight excluding hydrogens is 222 g/mol. The molecule has 0 amide bonds. The zero-order chi connectivity index (χ0) is 11.0. The van der Waals surface area contributed by atoms with Crippen molar-refractivity contribution < 1.29 is 0 Å². The highest BCUT2D eigenvalue weighted by Crippen LogP contribution is 2.26. The first-order chi connectivity index (χ1) is 7.83. The topological polar surface area (TPSA) is 44.3 Å². The maximum Gasteiger partial charge on any atom is 0.208 e. The summed E-state index contributed by atoms with van der Waals surface area (Å²) in [6.45, 7) is 8.89. The van der Waals surface area contributed by atoms with Crippen molar-refractivity contribution in [1.82, 2.24) is 20.4 Å². The molecule has 0 unspecified atom stereocenters. The van der Waals surface area contributed by atoms with Crippen LogP contribution < -0.4 is 10.2 Å². The summed E-state index contributed by atoms with van der Waals surface area (Å²) < 4.78 is 0. The summed E-state index contributed by atoms with van der Waals surface area (Å²) in [4.78, 5) is 4.91. The van der Waals surface area contributed by atoms with E-state index in [0.717, 1.165) is 42.4 Å². The van der Waals surface area contributed by atoms with Gasteiger partial charge in [-0.15, -0.1) is 10.2 Å². The van der Waals surface area contributed by atoms with Crippen LogP contribution in [0.3, 0.4) is 0 Å². The third-order valence-corrected chi connectivity index (χ3v) is 4.22. The summed E-state index contributed by atoms with van der Waals surface area (Å²) in [5.41, 5.74) is 0. The Morgan fingerprint density at radius 1 is 1.25 bits per heavy atom. The molecule has 2 aliphatic rings. The van der Waals surface area contributed by atoms with Crippen LogP contribution in [0.25, 0.3) is 0 Å². The van der Waals surface area contributed by atoms with Crippen LogP contribution >= 0.6 is 11.3 Å². The normalized spacial score (nSPS) is 23.4. The minimum Gasteiger partial charge on any atom is -0.343 e. The molecule has 2 saturated heterocycles. The molecule has 16 heavy (non-hydrogen) atoms. The van der Waals surface area contributed by atoms with Gasteiger partial charge in [-0.05, 0) is 6.92 Å². The minimum atomic E-state index is 0.728. The third kappa shape index (κ3) is 1.92. The van der Waals surface area contributed by atoms with Crippen molar-refractivity contribution in [1.29, 1.82) is 0 Å². The van der Waals surface area contributed by atoms with E-state index in [1.165, 1.54) is 13.1 Å². The Hall–Kier alpha value is -0.720. The molecule has 3 rings (SSSR count). The zero-order valence-corrected chi connectivity index (χ0v) is 10.3. The maximum absolute atomic E-state index is 4.18. The largest absolute Gasteiger partial charge is 0.343 e. The van der Waals surface area contributed by atoms with Gasteiger partial charge in [-0.3, -0.25) is 4.90 Å². The van der Waals surface area contributed by atoms with Crippen molar-refractivity contribution in [2.75, 3.05) is 44.2 Å². The molecule has 0 atom stereocenters. The Balaban J connectivity index is 1.54. The van der Waals surface area contributed by atoms with Gasteiger partial charge in [0.25, 0.3) is 0 Å². The van der Waals surface area contributed by atoms with Gasteiger partial charge >= 0.3 is 0 Å². The SMILES string of the molecule is Cc1nnc(N2CC(N3CCNCC3)C2)s1. The molecule has 5 nitrogen and oxygen atoms in total. The molecule has 88 valence electrons. The van der Waals surface area contributed by atoms with E-state index >= 15 is 0 Å². The lowest BCUT2D eigenvalue weighted by atomic mass is 10.1. The molecule has 0 spiro atoms. The minimum absolute atomic E-state index is 0.728. The van der Waals surface area contributed by atoms with E-state index in [-0.39, 0.29) is 0 Å². The second kappa shape index (κ2) is 4.27. The Morgan fingerprint density at radius 2 is 2.00 bits per heavy atom. The Morgan fingerprint density at radius 3 is 2.62 bits per heavy atom. The second-order valence-electron chi connectivity index (χ2n) is 4.45. The first kappa shape index (κ1) is 10.4. The highest BCUT2D eigenvalue weighted by molar-refractivity contribution is 7.15. The summed E-state index contributed by atoms with van der Waals surface area (Å²) in [6.07, 6.45) is 0. The Labute approximate surface area is 99.5 Å². The van der Waals surface area contributed by atoms with Crippen molar-refractivity contribution in [3.8, 4) is 0 Å². The van der Waals surface area contributed by atoms with Crippen molar-refractivity contribution in [3.63, 3.8) is 0 Å². The lowest BCUT2D eigenvalue weighted by Gasteiger charge is -2.46. The van der Waals surface area contributed by atoms with Gasteiger partial charge in [0.1, 0.15) is 5.01 Å². The van der Waals surface area contributed by atoms with Crippen LogP contribution in [-0.4, -0.2) is 60.4 Å². The van der Waals surface area contributed by atoms with Gasteiger partial charge in [0, 0.05) is 45.3 Å². The van der Waals surface area contributed by atoms with E-state index in [2.05, 4.69) is 25.3 Å². The van der Waals surface area contributed by atoms with Crippen LogP contribution in [0, 0.1) is 6.92 Å². The fraction of sp³-hybridized carbons (Fsp3) is 0.800. The summed E-state index contributed by atoms with van der Waals surface area (Å²) >= 11 is 1.69.